The molecule has 0 radical (unpaired) electrons. The van der Waals surface area contributed by atoms with Gasteiger partial charge in [0.15, 0.2) is 0 Å². The molecule has 5 heteroatoms. The van der Waals surface area contributed by atoms with Crippen molar-refractivity contribution in [2.45, 2.75) is 13.8 Å². The van der Waals surface area contributed by atoms with Crippen molar-refractivity contribution in [2.75, 3.05) is 6.61 Å². The fourth-order valence-electron chi connectivity index (χ4n) is 1.75. The van der Waals surface area contributed by atoms with Crippen molar-refractivity contribution in [3.8, 4) is 17.0 Å². The highest BCUT2D eigenvalue weighted by Crippen LogP contribution is 2.25. The lowest BCUT2D eigenvalue weighted by molar-refractivity contribution is 0.0692. The Morgan fingerprint density at radius 2 is 2.16 bits per heavy atom. The van der Waals surface area contributed by atoms with Crippen LogP contribution in [-0.4, -0.2) is 27.7 Å². The topological polar surface area (TPSA) is 72.3 Å². The Morgan fingerprint density at radius 1 is 1.37 bits per heavy atom. The molecule has 0 aliphatic heterocycles. The van der Waals surface area contributed by atoms with Crippen LogP contribution in [0.5, 0.6) is 5.75 Å². The summed E-state index contributed by atoms with van der Waals surface area (Å²) < 4.78 is 5.30. The lowest BCUT2D eigenvalue weighted by atomic mass is 10.1. The number of rotatable bonds is 4. The number of carboxylic acid groups (broad SMARTS) is 1. The van der Waals surface area contributed by atoms with E-state index >= 15 is 0 Å². The normalized spacial score (nSPS) is 10.2. The molecule has 19 heavy (non-hydrogen) atoms. The number of aromatic nitrogens is 2. The highest BCUT2D eigenvalue weighted by atomic mass is 16.5. The standard InChI is InChI=1S/C14H14N2O3/c1-3-19-13-5-4-10(8-11(13)14(17)18)12-6-7-15-9(2)16-12/h4-8H,3H2,1-2H3,(H,17,18). The summed E-state index contributed by atoms with van der Waals surface area (Å²) in [6.45, 7) is 4.02. The van der Waals surface area contributed by atoms with Crippen molar-refractivity contribution in [3.05, 3.63) is 41.9 Å². The molecule has 1 aromatic carbocycles. The van der Waals surface area contributed by atoms with E-state index in [1.54, 1.807) is 37.4 Å². The number of benzene rings is 1. The quantitative estimate of drug-likeness (QED) is 0.912. The molecule has 1 aromatic heterocycles. The third-order valence-corrected chi connectivity index (χ3v) is 2.58. The fraction of sp³-hybridized carbons (Fsp3) is 0.214. The zero-order chi connectivity index (χ0) is 13.8. The molecule has 0 amide bonds. The Kier molecular flexibility index (Phi) is 3.75. The summed E-state index contributed by atoms with van der Waals surface area (Å²) in [5.74, 6) is -0.0103. The van der Waals surface area contributed by atoms with Crippen molar-refractivity contribution in [2.24, 2.45) is 0 Å². The minimum Gasteiger partial charge on any atom is -0.493 e. The third kappa shape index (κ3) is 2.88. The third-order valence-electron chi connectivity index (χ3n) is 2.58. The SMILES string of the molecule is CCOc1ccc(-c2ccnc(C)n2)cc1C(=O)O. The van der Waals surface area contributed by atoms with E-state index < -0.39 is 5.97 Å². The first-order valence-corrected chi connectivity index (χ1v) is 5.92. The number of carboxylic acids is 1. The molecule has 0 spiro atoms. The van der Waals surface area contributed by atoms with Crippen molar-refractivity contribution >= 4 is 5.97 Å². The molecule has 5 nitrogen and oxygen atoms in total. The predicted octanol–water partition coefficient (Wildman–Crippen LogP) is 2.55. The second-order valence-corrected chi connectivity index (χ2v) is 3.94. The molecule has 0 saturated carbocycles. The molecule has 2 aromatic rings. The van der Waals surface area contributed by atoms with Gasteiger partial charge in [-0.1, -0.05) is 0 Å². The van der Waals surface area contributed by atoms with Crippen LogP contribution < -0.4 is 4.74 Å². The molecule has 0 aliphatic rings. The second kappa shape index (κ2) is 5.48. The van der Waals surface area contributed by atoms with Gasteiger partial charge in [-0.15, -0.1) is 0 Å². The van der Waals surface area contributed by atoms with Gasteiger partial charge in [-0.25, -0.2) is 14.8 Å². The van der Waals surface area contributed by atoms with Crippen LogP contribution in [-0.2, 0) is 0 Å². The maximum Gasteiger partial charge on any atom is 0.339 e. The summed E-state index contributed by atoms with van der Waals surface area (Å²) >= 11 is 0. The van der Waals surface area contributed by atoms with E-state index in [0.29, 0.717) is 23.9 Å². The Labute approximate surface area is 110 Å². The summed E-state index contributed by atoms with van der Waals surface area (Å²) in [7, 11) is 0. The summed E-state index contributed by atoms with van der Waals surface area (Å²) in [4.78, 5) is 19.5. The van der Waals surface area contributed by atoms with E-state index in [0.717, 1.165) is 5.56 Å². The van der Waals surface area contributed by atoms with Crippen LogP contribution in [0.4, 0.5) is 0 Å². The molecule has 2 rings (SSSR count). The van der Waals surface area contributed by atoms with Crippen molar-refractivity contribution < 1.29 is 14.6 Å². The van der Waals surface area contributed by atoms with Gasteiger partial charge < -0.3 is 9.84 Å². The zero-order valence-corrected chi connectivity index (χ0v) is 10.8. The maximum atomic E-state index is 11.2. The Morgan fingerprint density at radius 3 is 2.79 bits per heavy atom. The minimum atomic E-state index is -1.02. The van der Waals surface area contributed by atoms with Gasteiger partial charge in [0.05, 0.1) is 12.3 Å². The Bertz CT molecular complexity index is 611. The van der Waals surface area contributed by atoms with Crippen LogP contribution in [0.15, 0.2) is 30.5 Å². The van der Waals surface area contributed by atoms with Crippen LogP contribution in [0.25, 0.3) is 11.3 Å². The van der Waals surface area contributed by atoms with Crippen LogP contribution >= 0.6 is 0 Å². The van der Waals surface area contributed by atoms with Crippen LogP contribution in [0.3, 0.4) is 0 Å². The first-order chi connectivity index (χ1) is 9.11. The lowest BCUT2D eigenvalue weighted by Crippen LogP contribution is -2.03. The van der Waals surface area contributed by atoms with Gasteiger partial charge >= 0.3 is 5.97 Å². The number of carbonyl (C=O) groups is 1. The largest absolute Gasteiger partial charge is 0.493 e. The highest BCUT2D eigenvalue weighted by Gasteiger charge is 2.13. The Hall–Kier alpha value is -2.43. The van der Waals surface area contributed by atoms with E-state index in [1.807, 2.05) is 6.92 Å². The first kappa shape index (κ1) is 13.0. The van der Waals surface area contributed by atoms with E-state index in [2.05, 4.69) is 9.97 Å². The molecule has 1 N–H and O–H groups in total. The van der Waals surface area contributed by atoms with Crippen molar-refractivity contribution in [1.29, 1.82) is 0 Å². The van der Waals surface area contributed by atoms with Gasteiger partial charge in [0.1, 0.15) is 17.1 Å². The summed E-state index contributed by atoms with van der Waals surface area (Å²) in [5, 5.41) is 9.21. The average Bonchev–Trinajstić information content (AvgIpc) is 2.39. The molecule has 0 saturated heterocycles. The van der Waals surface area contributed by atoms with Gasteiger partial charge in [-0.05, 0) is 38.1 Å². The van der Waals surface area contributed by atoms with E-state index in [1.165, 1.54) is 0 Å². The molecule has 0 bridgehead atoms. The number of hydrogen-bond acceptors (Lipinski definition) is 4. The zero-order valence-electron chi connectivity index (χ0n) is 10.8. The monoisotopic (exact) mass is 258 g/mol. The Balaban J connectivity index is 2.49. The predicted molar refractivity (Wildman–Crippen MR) is 70.3 cm³/mol. The average molecular weight is 258 g/mol. The summed E-state index contributed by atoms with van der Waals surface area (Å²) in [5.41, 5.74) is 1.56. The summed E-state index contributed by atoms with van der Waals surface area (Å²) in [6.07, 6.45) is 1.65. The molecule has 0 fully saturated rings. The lowest BCUT2D eigenvalue weighted by Gasteiger charge is -2.09. The van der Waals surface area contributed by atoms with E-state index in [-0.39, 0.29) is 5.56 Å². The molecular weight excluding hydrogens is 244 g/mol. The molecular formula is C14H14N2O3. The van der Waals surface area contributed by atoms with Gasteiger partial charge in [0.2, 0.25) is 0 Å². The van der Waals surface area contributed by atoms with Crippen LogP contribution in [0.1, 0.15) is 23.1 Å². The van der Waals surface area contributed by atoms with Gasteiger partial charge in [-0.2, -0.15) is 0 Å². The minimum absolute atomic E-state index is 0.135. The van der Waals surface area contributed by atoms with Crippen LogP contribution in [0.2, 0.25) is 0 Å². The number of aryl methyl sites for hydroxylation is 1. The van der Waals surface area contributed by atoms with Crippen molar-refractivity contribution in [3.63, 3.8) is 0 Å². The van der Waals surface area contributed by atoms with Crippen LogP contribution in [0, 0.1) is 6.92 Å². The number of aromatic carboxylic acids is 1. The summed E-state index contributed by atoms with van der Waals surface area (Å²) in [6, 6.07) is 6.75. The smallest absolute Gasteiger partial charge is 0.339 e. The van der Waals surface area contributed by atoms with E-state index in [9.17, 15) is 9.90 Å². The van der Waals surface area contributed by atoms with Gasteiger partial charge in [0, 0.05) is 11.8 Å². The maximum absolute atomic E-state index is 11.2. The van der Waals surface area contributed by atoms with Crippen molar-refractivity contribution in [1.82, 2.24) is 9.97 Å². The first-order valence-electron chi connectivity index (χ1n) is 5.92. The molecule has 1 heterocycles. The second-order valence-electron chi connectivity index (χ2n) is 3.94. The number of hydrogen-bond donors (Lipinski definition) is 1. The highest BCUT2D eigenvalue weighted by molar-refractivity contribution is 5.92. The molecule has 0 atom stereocenters. The number of nitrogens with zero attached hydrogens (tertiary/aromatic N) is 2. The molecule has 0 aliphatic carbocycles. The van der Waals surface area contributed by atoms with Gasteiger partial charge in [-0.3, -0.25) is 0 Å². The molecule has 98 valence electrons. The van der Waals surface area contributed by atoms with Gasteiger partial charge in [0.25, 0.3) is 0 Å². The van der Waals surface area contributed by atoms with E-state index in [4.69, 9.17) is 4.74 Å². The molecule has 0 unspecified atom stereocenters. The fourth-order valence-corrected chi connectivity index (χ4v) is 1.75. The number of ether oxygens (including phenoxy) is 1.